The molecule has 0 amide bonds. The molecule has 0 unspecified atom stereocenters. The molecular weight excluding hydrogens is 316 g/mol. The monoisotopic (exact) mass is 352 g/mol. The number of carbonyl (C=O) groups excluding carboxylic acids is 1. The molecule has 0 aromatic heterocycles. The molecule has 0 atom stereocenters. The van der Waals surface area contributed by atoms with Crippen LogP contribution in [0.2, 0.25) is 0 Å². The second-order valence-electron chi connectivity index (χ2n) is 6.78. The second-order valence-corrected chi connectivity index (χ2v) is 7.23. The average molecular weight is 353 g/mol. The van der Waals surface area contributed by atoms with Crippen molar-refractivity contribution in [2.45, 2.75) is 83.5 Å². The van der Waals surface area contributed by atoms with Crippen molar-refractivity contribution in [3.63, 3.8) is 0 Å². The Bertz CT molecular complexity index is 351. The van der Waals surface area contributed by atoms with Crippen LogP contribution in [0.5, 0.6) is 0 Å². The minimum atomic E-state index is -0.145. The van der Waals surface area contributed by atoms with Crippen LogP contribution in [0.1, 0.15) is 83.5 Å². The highest BCUT2D eigenvalue weighted by atomic mass is 32.1. The van der Waals surface area contributed by atoms with Crippen molar-refractivity contribution >= 4 is 18.6 Å². The van der Waals surface area contributed by atoms with E-state index < -0.39 is 0 Å². The number of allylic oxidation sites excluding steroid dienone is 2. The first-order valence-electron chi connectivity index (χ1n) is 9.97. The fraction of sp³-hybridized carbons (Fsp3) is 0.762. The van der Waals surface area contributed by atoms with Crippen LogP contribution in [0.15, 0.2) is 24.3 Å². The SMILES string of the molecule is O=C(OCCCCCCCCCCCCCCCS)C1C=CC=C1. The van der Waals surface area contributed by atoms with E-state index in [9.17, 15) is 4.79 Å². The minimum absolute atomic E-state index is 0.106. The second kappa shape index (κ2) is 15.8. The number of unbranched alkanes of at least 4 members (excludes halogenated alkanes) is 12. The van der Waals surface area contributed by atoms with Gasteiger partial charge in [0.05, 0.1) is 12.5 Å². The number of carbonyl (C=O) groups is 1. The van der Waals surface area contributed by atoms with Gasteiger partial charge >= 0.3 is 5.97 Å². The van der Waals surface area contributed by atoms with Gasteiger partial charge in [0.15, 0.2) is 0 Å². The number of hydrogen-bond acceptors (Lipinski definition) is 3. The fourth-order valence-corrected chi connectivity index (χ4v) is 3.24. The van der Waals surface area contributed by atoms with Crippen molar-refractivity contribution in [2.24, 2.45) is 5.92 Å². The van der Waals surface area contributed by atoms with Crippen LogP contribution < -0.4 is 0 Å². The Morgan fingerprint density at radius 3 is 1.58 bits per heavy atom. The Morgan fingerprint density at radius 1 is 0.708 bits per heavy atom. The van der Waals surface area contributed by atoms with Crippen LogP contribution in [0.4, 0.5) is 0 Å². The van der Waals surface area contributed by atoms with Gasteiger partial charge in [-0.3, -0.25) is 4.79 Å². The molecule has 2 nitrogen and oxygen atoms in total. The standard InChI is InChI=1S/C21H36O2S/c22-21(20-16-12-13-17-20)23-18-14-10-8-6-4-2-1-3-5-7-9-11-15-19-24/h12-13,16-17,20,24H,1-11,14-15,18-19H2. The van der Waals surface area contributed by atoms with E-state index in [1.165, 1.54) is 77.0 Å². The molecule has 138 valence electrons. The Hall–Kier alpha value is -0.700. The molecule has 1 aliphatic carbocycles. The van der Waals surface area contributed by atoms with Gasteiger partial charge in [-0.1, -0.05) is 94.9 Å². The van der Waals surface area contributed by atoms with E-state index >= 15 is 0 Å². The molecule has 0 aromatic carbocycles. The molecule has 0 saturated heterocycles. The summed E-state index contributed by atoms with van der Waals surface area (Å²) in [6.45, 7) is 0.574. The smallest absolute Gasteiger partial charge is 0.316 e. The Kier molecular flexibility index (Phi) is 14.1. The van der Waals surface area contributed by atoms with Crippen LogP contribution >= 0.6 is 12.6 Å². The van der Waals surface area contributed by atoms with E-state index in [0.717, 1.165) is 12.2 Å². The Morgan fingerprint density at radius 2 is 1.12 bits per heavy atom. The first kappa shape index (κ1) is 21.3. The third-order valence-corrected chi connectivity index (χ3v) is 4.88. The number of ether oxygens (including phenoxy) is 1. The summed E-state index contributed by atoms with van der Waals surface area (Å²) in [6, 6.07) is 0. The summed E-state index contributed by atoms with van der Waals surface area (Å²) >= 11 is 4.24. The van der Waals surface area contributed by atoms with E-state index in [-0.39, 0.29) is 11.9 Å². The molecule has 3 heteroatoms. The average Bonchev–Trinajstić information content (AvgIpc) is 3.13. The molecule has 1 aliphatic rings. The molecular formula is C21H36O2S. The van der Waals surface area contributed by atoms with E-state index in [4.69, 9.17) is 4.74 Å². The third-order valence-electron chi connectivity index (χ3n) is 4.57. The Balaban J connectivity index is 1.72. The molecule has 0 aliphatic heterocycles. The van der Waals surface area contributed by atoms with Gasteiger partial charge in [0.1, 0.15) is 0 Å². The van der Waals surface area contributed by atoms with Gasteiger partial charge < -0.3 is 4.74 Å². The van der Waals surface area contributed by atoms with Crippen LogP contribution in [0, 0.1) is 5.92 Å². The van der Waals surface area contributed by atoms with E-state index in [1.54, 1.807) is 0 Å². The zero-order chi connectivity index (χ0) is 17.3. The van der Waals surface area contributed by atoms with Crippen molar-refractivity contribution in [3.05, 3.63) is 24.3 Å². The molecule has 0 fully saturated rings. The molecule has 1 rings (SSSR count). The van der Waals surface area contributed by atoms with E-state index in [1.807, 2.05) is 24.3 Å². The normalized spacial score (nSPS) is 13.7. The van der Waals surface area contributed by atoms with Gasteiger partial charge in [-0.25, -0.2) is 0 Å². The van der Waals surface area contributed by atoms with Crippen LogP contribution in [0.25, 0.3) is 0 Å². The van der Waals surface area contributed by atoms with Crippen LogP contribution in [-0.4, -0.2) is 18.3 Å². The lowest BCUT2D eigenvalue weighted by atomic mass is 10.0. The summed E-state index contributed by atoms with van der Waals surface area (Å²) < 4.78 is 5.29. The molecule has 0 aromatic rings. The molecule has 0 spiro atoms. The van der Waals surface area contributed by atoms with Crippen molar-refractivity contribution in [1.82, 2.24) is 0 Å². The summed E-state index contributed by atoms with van der Waals surface area (Å²) in [5.74, 6) is 0.788. The number of rotatable bonds is 16. The lowest BCUT2D eigenvalue weighted by Crippen LogP contribution is -2.13. The van der Waals surface area contributed by atoms with E-state index in [0.29, 0.717) is 6.61 Å². The largest absolute Gasteiger partial charge is 0.465 e. The summed E-state index contributed by atoms with van der Waals surface area (Å²) in [5.41, 5.74) is 0. The molecule has 0 saturated carbocycles. The maximum atomic E-state index is 11.7. The van der Waals surface area contributed by atoms with Gasteiger partial charge in [0.2, 0.25) is 0 Å². The molecule has 0 N–H and O–H groups in total. The van der Waals surface area contributed by atoms with Gasteiger partial charge in [-0.05, 0) is 18.6 Å². The highest BCUT2D eigenvalue weighted by Crippen LogP contribution is 2.13. The van der Waals surface area contributed by atoms with Crippen LogP contribution in [-0.2, 0) is 9.53 Å². The van der Waals surface area contributed by atoms with Gasteiger partial charge in [0.25, 0.3) is 0 Å². The topological polar surface area (TPSA) is 26.3 Å². The van der Waals surface area contributed by atoms with Crippen molar-refractivity contribution in [1.29, 1.82) is 0 Å². The Labute approximate surface area is 154 Å². The maximum Gasteiger partial charge on any atom is 0.316 e. The highest BCUT2D eigenvalue weighted by molar-refractivity contribution is 7.80. The quantitative estimate of drug-likeness (QED) is 0.201. The number of thiol groups is 1. The summed E-state index contributed by atoms with van der Waals surface area (Å²) in [7, 11) is 0. The van der Waals surface area contributed by atoms with Crippen LogP contribution in [0.3, 0.4) is 0 Å². The predicted molar refractivity (Wildman–Crippen MR) is 107 cm³/mol. The van der Waals surface area contributed by atoms with E-state index in [2.05, 4.69) is 12.6 Å². The lowest BCUT2D eigenvalue weighted by Gasteiger charge is -2.07. The molecule has 24 heavy (non-hydrogen) atoms. The van der Waals surface area contributed by atoms with Crippen molar-refractivity contribution in [3.8, 4) is 0 Å². The first-order valence-corrected chi connectivity index (χ1v) is 10.6. The maximum absolute atomic E-state index is 11.7. The summed E-state index contributed by atoms with van der Waals surface area (Å²) in [6.07, 6.45) is 24.7. The predicted octanol–water partition coefficient (Wildman–Crippen LogP) is 6.27. The summed E-state index contributed by atoms with van der Waals surface area (Å²) in [5, 5.41) is 0. The molecule has 0 heterocycles. The van der Waals surface area contributed by atoms with Gasteiger partial charge in [-0.2, -0.15) is 12.6 Å². The van der Waals surface area contributed by atoms with Crippen molar-refractivity contribution in [2.75, 3.05) is 12.4 Å². The lowest BCUT2D eigenvalue weighted by molar-refractivity contribution is -0.145. The third kappa shape index (κ3) is 11.8. The minimum Gasteiger partial charge on any atom is -0.465 e. The zero-order valence-corrected chi connectivity index (χ0v) is 16.2. The van der Waals surface area contributed by atoms with Gasteiger partial charge in [-0.15, -0.1) is 0 Å². The number of esters is 1. The van der Waals surface area contributed by atoms with Crippen molar-refractivity contribution < 1.29 is 9.53 Å². The highest BCUT2D eigenvalue weighted by Gasteiger charge is 2.14. The molecule has 0 bridgehead atoms. The van der Waals surface area contributed by atoms with Gasteiger partial charge in [0, 0.05) is 0 Å². The fourth-order valence-electron chi connectivity index (χ4n) is 3.02. The first-order chi connectivity index (χ1) is 11.8. The molecule has 0 radical (unpaired) electrons. The number of hydrogen-bond donors (Lipinski definition) is 1. The summed E-state index contributed by atoms with van der Waals surface area (Å²) in [4.78, 5) is 11.7. The zero-order valence-electron chi connectivity index (χ0n) is 15.3.